The van der Waals surface area contributed by atoms with Crippen LogP contribution in [0.1, 0.15) is 43.0 Å². The topological polar surface area (TPSA) is 64.6 Å². The molecule has 0 unspecified atom stereocenters. The van der Waals surface area contributed by atoms with Crippen LogP contribution in [0.3, 0.4) is 0 Å². The Morgan fingerprint density at radius 3 is 1.52 bits per heavy atom. The van der Waals surface area contributed by atoms with Crippen LogP contribution in [0.5, 0.6) is 0 Å². The number of benzene rings is 4. The molecule has 1 atom stereocenters. The Morgan fingerprint density at radius 1 is 0.690 bits per heavy atom. The zero-order valence-corrected chi connectivity index (χ0v) is 27.3. The van der Waals surface area contributed by atoms with E-state index in [4.69, 9.17) is 9.16 Å². The third-order valence-corrected chi connectivity index (χ3v) is 14.2. The maximum Gasteiger partial charge on any atom is 0.240 e. The first-order valence-corrected chi connectivity index (χ1v) is 18.8. The van der Waals surface area contributed by atoms with Crippen LogP contribution in [0.2, 0.25) is 18.1 Å². The predicted octanol–water partition coefficient (Wildman–Crippen LogP) is 7.67. The van der Waals surface area contributed by atoms with Gasteiger partial charge in [0.05, 0.1) is 24.2 Å². The van der Waals surface area contributed by atoms with Gasteiger partial charge in [0.25, 0.3) is 0 Å². The second-order valence-corrected chi connectivity index (χ2v) is 18.8. The average molecular weight is 602 g/mol. The van der Waals surface area contributed by atoms with Crippen molar-refractivity contribution in [3.63, 3.8) is 0 Å². The lowest BCUT2D eigenvalue weighted by Gasteiger charge is -2.39. The highest BCUT2D eigenvalue weighted by Crippen LogP contribution is 2.41. The monoisotopic (exact) mass is 601 g/mol. The van der Waals surface area contributed by atoms with Crippen molar-refractivity contribution in [2.75, 3.05) is 13.2 Å². The van der Waals surface area contributed by atoms with E-state index in [1.807, 2.05) is 61.5 Å². The fraction of sp³-hybridized carbons (Fsp3) is 0.314. The first-order valence-electron chi connectivity index (χ1n) is 14.4. The largest absolute Gasteiger partial charge is 0.415 e. The van der Waals surface area contributed by atoms with Crippen molar-refractivity contribution in [1.29, 1.82) is 0 Å². The van der Waals surface area contributed by atoms with Crippen LogP contribution < -0.4 is 4.72 Å². The highest BCUT2D eigenvalue weighted by molar-refractivity contribution is 7.89. The number of rotatable bonds is 12. The van der Waals surface area contributed by atoms with Crippen molar-refractivity contribution < 1.29 is 17.6 Å². The predicted molar refractivity (Wildman–Crippen MR) is 174 cm³/mol. The van der Waals surface area contributed by atoms with E-state index < -0.39 is 30.0 Å². The summed E-state index contributed by atoms with van der Waals surface area (Å²) < 4.78 is 43.7. The number of nitrogens with one attached hydrogen (secondary N) is 1. The summed E-state index contributed by atoms with van der Waals surface area (Å²) in [6.45, 7) is 13.1. The summed E-state index contributed by atoms with van der Waals surface area (Å²) in [5.41, 5.74) is 2.87. The van der Waals surface area contributed by atoms with E-state index in [1.165, 1.54) is 0 Å². The molecule has 0 spiro atoms. The van der Waals surface area contributed by atoms with Gasteiger partial charge in [-0.2, -0.15) is 0 Å². The number of aryl methyl sites for hydroxylation is 1. The van der Waals surface area contributed by atoms with Crippen molar-refractivity contribution in [3.05, 3.63) is 138 Å². The second kappa shape index (κ2) is 13.1. The number of ether oxygens (including phenoxy) is 1. The Labute approximate surface area is 253 Å². The minimum absolute atomic E-state index is 0.0316. The molecule has 5 nitrogen and oxygen atoms in total. The third kappa shape index (κ3) is 7.28. The molecule has 1 N–H and O–H groups in total. The molecular formula is C35H43NO4SSi. The molecule has 0 heterocycles. The van der Waals surface area contributed by atoms with Gasteiger partial charge in [-0.25, -0.2) is 13.1 Å². The molecule has 0 saturated heterocycles. The van der Waals surface area contributed by atoms with Crippen LogP contribution in [0.4, 0.5) is 0 Å². The van der Waals surface area contributed by atoms with Crippen LogP contribution >= 0.6 is 0 Å². The Hall–Kier alpha value is -3.07. The second-order valence-electron chi connectivity index (χ2n) is 12.3. The summed E-state index contributed by atoms with van der Waals surface area (Å²) in [7, 11) is -6.02. The lowest BCUT2D eigenvalue weighted by Crippen LogP contribution is -2.49. The highest BCUT2D eigenvalue weighted by Gasteiger charge is 2.40. The van der Waals surface area contributed by atoms with Gasteiger partial charge < -0.3 is 9.16 Å². The molecule has 0 radical (unpaired) electrons. The van der Waals surface area contributed by atoms with Gasteiger partial charge in [-0.3, -0.25) is 0 Å². The van der Waals surface area contributed by atoms with Gasteiger partial charge in [-0.05, 0) is 53.9 Å². The van der Waals surface area contributed by atoms with Crippen molar-refractivity contribution in [2.24, 2.45) is 0 Å². The van der Waals surface area contributed by atoms with Gasteiger partial charge in [0.15, 0.2) is 8.32 Å². The molecule has 0 aliphatic rings. The van der Waals surface area contributed by atoms with Crippen LogP contribution in [0, 0.1) is 6.92 Å². The summed E-state index contributed by atoms with van der Waals surface area (Å²) in [6, 6.07) is 36.5. The summed E-state index contributed by atoms with van der Waals surface area (Å²) in [5, 5.41) is -0.0316. The molecule has 42 heavy (non-hydrogen) atoms. The Bertz CT molecular complexity index is 1420. The molecule has 4 aromatic carbocycles. The first kappa shape index (κ1) is 31.9. The van der Waals surface area contributed by atoms with Crippen molar-refractivity contribution >= 4 is 18.3 Å². The van der Waals surface area contributed by atoms with Crippen LogP contribution in [0.25, 0.3) is 0 Å². The van der Waals surface area contributed by atoms with Gasteiger partial charge in [0.2, 0.25) is 10.0 Å². The summed E-state index contributed by atoms with van der Waals surface area (Å²) in [4.78, 5) is 0.214. The van der Waals surface area contributed by atoms with E-state index in [1.54, 1.807) is 24.3 Å². The number of hydrogen-bond acceptors (Lipinski definition) is 4. The molecular weight excluding hydrogens is 559 g/mol. The maximum atomic E-state index is 13.6. The summed E-state index contributed by atoms with van der Waals surface area (Å²) in [5.74, 6) is 0. The molecule has 0 amide bonds. The van der Waals surface area contributed by atoms with Gasteiger partial charge in [0.1, 0.15) is 5.60 Å². The molecule has 0 fully saturated rings. The highest BCUT2D eigenvalue weighted by atomic mass is 32.2. The Kier molecular flexibility index (Phi) is 9.91. The van der Waals surface area contributed by atoms with Crippen molar-refractivity contribution in [3.8, 4) is 0 Å². The minimum atomic E-state index is -3.84. The fourth-order valence-electron chi connectivity index (χ4n) is 4.64. The van der Waals surface area contributed by atoms with Crippen molar-refractivity contribution in [1.82, 2.24) is 4.72 Å². The molecule has 0 aliphatic heterocycles. The lowest BCUT2D eigenvalue weighted by atomic mass is 9.80. The molecule has 0 aromatic heterocycles. The van der Waals surface area contributed by atoms with Gasteiger partial charge >= 0.3 is 0 Å². The fourth-order valence-corrected chi connectivity index (χ4v) is 6.90. The first-order chi connectivity index (χ1) is 19.8. The molecule has 0 bridgehead atoms. The van der Waals surface area contributed by atoms with Crippen LogP contribution in [-0.2, 0) is 24.8 Å². The van der Waals surface area contributed by atoms with Gasteiger partial charge in [-0.15, -0.1) is 0 Å². The minimum Gasteiger partial charge on any atom is -0.415 e. The van der Waals surface area contributed by atoms with Crippen molar-refractivity contribution in [2.45, 2.75) is 62.4 Å². The van der Waals surface area contributed by atoms with Crippen LogP contribution in [0.15, 0.2) is 120 Å². The standard InChI is InChI=1S/C35H43NO4SSi/c1-28-22-24-33(25-23-28)41(37,38)36-32(27-40-42(5,6)34(2,3)4)26-39-35(29-16-10-7-11-17-29,30-18-12-8-13-19-30)31-20-14-9-15-21-31/h7-25,32,36H,26-27H2,1-6H3/t32-/m0/s1. The molecule has 4 rings (SSSR count). The molecule has 7 heteroatoms. The average Bonchev–Trinajstić information content (AvgIpc) is 2.97. The van der Waals surface area contributed by atoms with E-state index in [-0.39, 0.29) is 23.1 Å². The number of sulfonamides is 1. The van der Waals surface area contributed by atoms with Gasteiger partial charge in [-0.1, -0.05) is 129 Å². The molecule has 0 saturated carbocycles. The van der Waals surface area contributed by atoms with E-state index in [2.05, 4.69) is 75.0 Å². The van der Waals surface area contributed by atoms with Gasteiger partial charge in [0, 0.05) is 0 Å². The smallest absolute Gasteiger partial charge is 0.240 e. The van der Waals surface area contributed by atoms with E-state index in [0.717, 1.165) is 22.3 Å². The zero-order valence-electron chi connectivity index (χ0n) is 25.5. The number of hydrogen-bond donors (Lipinski definition) is 1. The van der Waals surface area contributed by atoms with E-state index in [9.17, 15) is 8.42 Å². The third-order valence-electron chi connectivity index (χ3n) is 8.15. The zero-order chi connectivity index (χ0) is 30.4. The Morgan fingerprint density at radius 2 is 1.12 bits per heavy atom. The van der Waals surface area contributed by atoms with E-state index in [0.29, 0.717) is 0 Å². The Balaban J connectivity index is 1.76. The molecule has 222 valence electrons. The lowest BCUT2D eigenvalue weighted by molar-refractivity contribution is -0.00369. The normalized spacial score (nSPS) is 13.6. The summed E-state index contributed by atoms with van der Waals surface area (Å²) in [6.07, 6.45) is 0. The van der Waals surface area contributed by atoms with E-state index >= 15 is 0 Å². The molecule has 0 aliphatic carbocycles. The maximum absolute atomic E-state index is 13.6. The SMILES string of the molecule is Cc1ccc(S(=O)(=O)N[C@@H](COC(c2ccccc2)(c2ccccc2)c2ccccc2)CO[Si](C)(C)C(C)(C)C)cc1. The summed E-state index contributed by atoms with van der Waals surface area (Å²) >= 11 is 0. The quantitative estimate of drug-likeness (QED) is 0.134. The van der Waals surface area contributed by atoms with Crippen LogP contribution in [-0.4, -0.2) is 36.0 Å². The molecule has 4 aromatic rings.